The Morgan fingerprint density at radius 1 is 0.933 bits per heavy atom. The summed E-state index contributed by atoms with van der Waals surface area (Å²) in [6.07, 6.45) is 3.58. The van der Waals surface area contributed by atoms with E-state index in [0.717, 1.165) is 64.8 Å². The molecule has 5 heteroatoms. The molecule has 2 aromatic heterocycles. The van der Waals surface area contributed by atoms with Crippen molar-refractivity contribution in [2.75, 3.05) is 0 Å². The number of H-pyrrole nitrogens is 1. The molecule has 5 nitrogen and oxygen atoms in total. The SMILES string of the molecule is O=C1OC2(CCC(c3cc(-c4ccc5ccccc5n4)n[nH]3)CC2)c2ccccc21. The molecule has 4 aromatic rings. The van der Waals surface area contributed by atoms with Crippen LogP contribution in [-0.2, 0) is 10.3 Å². The topological polar surface area (TPSA) is 67.9 Å². The summed E-state index contributed by atoms with van der Waals surface area (Å²) in [6, 6.07) is 22.1. The number of hydrogen-bond donors (Lipinski definition) is 1. The van der Waals surface area contributed by atoms with Gasteiger partial charge in [-0.25, -0.2) is 9.78 Å². The number of benzene rings is 2. The molecule has 1 fully saturated rings. The number of nitrogens with one attached hydrogen (secondary N) is 1. The van der Waals surface area contributed by atoms with Crippen molar-refractivity contribution in [1.82, 2.24) is 15.2 Å². The first kappa shape index (κ1) is 17.4. The molecule has 0 radical (unpaired) electrons. The molecule has 0 bridgehead atoms. The molecule has 6 rings (SSSR count). The summed E-state index contributed by atoms with van der Waals surface area (Å²) in [5, 5.41) is 8.89. The molecule has 30 heavy (non-hydrogen) atoms. The molecular formula is C25H21N3O2. The Hall–Kier alpha value is -3.47. The molecular weight excluding hydrogens is 374 g/mol. The highest BCUT2D eigenvalue weighted by atomic mass is 16.6. The van der Waals surface area contributed by atoms with E-state index in [0.29, 0.717) is 5.92 Å². The fourth-order valence-electron chi connectivity index (χ4n) is 5.00. The van der Waals surface area contributed by atoms with E-state index in [1.165, 1.54) is 0 Å². The van der Waals surface area contributed by atoms with Crippen molar-refractivity contribution in [3.05, 3.63) is 83.6 Å². The summed E-state index contributed by atoms with van der Waals surface area (Å²) in [5.41, 5.74) is 5.18. The highest BCUT2D eigenvalue weighted by molar-refractivity contribution is 5.94. The van der Waals surface area contributed by atoms with Crippen LogP contribution in [0.1, 0.15) is 53.2 Å². The second-order valence-corrected chi connectivity index (χ2v) is 8.30. The van der Waals surface area contributed by atoms with Gasteiger partial charge in [-0.15, -0.1) is 0 Å². The van der Waals surface area contributed by atoms with Crippen molar-refractivity contribution in [2.45, 2.75) is 37.2 Å². The van der Waals surface area contributed by atoms with Crippen molar-refractivity contribution in [3.63, 3.8) is 0 Å². The van der Waals surface area contributed by atoms with Gasteiger partial charge in [0.25, 0.3) is 0 Å². The molecule has 1 aliphatic heterocycles. The highest BCUT2D eigenvalue weighted by Crippen LogP contribution is 2.50. The van der Waals surface area contributed by atoms with Crippen LogP contribution in [0.3, 0.4) is 0 Å². The Kier molecular flexibility index (Phi) is 3.78. The number of para-hydroxylation sites is 1. The van der Waals surface area contributed by atoms with Crippen LogP contribution < -0.4 is 0 Å². The van der Waals surface area contributed by atoms with E-state index in [9.17, 15) is 4.79 Å². The second kappa shape index (κ2) is 6.52. The third kappa shape index (κ3) is 2.65. The van der Waals surface area contributed by atoms with Gasteiger partial charge in [0.15, 0.2) is 0 Å². The molecule has 3 heterocycles. The largest absolute Gasteiger partial charge is 0.451 e. The summed E-state index contributed by atoms with van der Waals surface area (Å²) < 4.78 is 5.89. The number of hydrogen-bond acceptors (Lipinski definition) is 4. The third-order valence-electron chi connectivity index (χ3n) is 6.62. The van der Waals surface area contributed by atoms with Crippen LogP contribution in [-0.4, -0.2) is 21.2 Å². The molecule has 148 valence electrons. The Morgan fingerprint density at radius 2 is 1.73 bits per heavy atom. The highest BCUT2D eigenvalue weighted by Gasteiger charge is 2.47. The molecule has 1 saturated carbocycles. The van der Waals surface area contributed by atoms with Gasteiger partial charge in [0.2, 0.25) is 0 Å². The molecule has 1 spiro atoms. The van der Waals surface area contributed by atoms with Crippen LogP contribution in [0, 0.1) is 0 Å². The summed E-state index contributed by atoms with van der Waals surface area (Å²) in [4.78, 5) is 17.1. The maximum atomic E-state index is 12.3. The van der Waals surface area contributed by atoms with Crippen molar-refractivity contribution >= 4 is 16.9 Å². The molecule has 2 aliphatic rings. The summed E-state index contributed by atoms with van der Waals surface area (Å²) >= 11 is 0. The average molecular weight is 395 g/mol. The van der Waals surface area contributed by atoms with Crippen molar-refractivity contribution in [1.29, 1.82) is 0 Å². The third-order valence-corrected chi connectivity index (χ3v) is 6.62. The van der Waals surface area contributed by atoms with E-state index >= 15 is 0 Å². The van der Waals surface area contributed by atoms with Crippen LogP contribution in [0.4, 0.5) is 0 Å². The van der Waals surface area contributed by atoms with E-state index in [1.807, 2.05) is 48.5 Å². The lowest BCUT2D eigenvalue weighted by Gasteiger charge is -2.36. The maximum absolute atomic E-state index is 12.3. The Bertz CT molecular complexity index is 1270. The molecule has 2 aromatic carbocycles. The molecule has 0 unspecified atom stereocenters. The number of aromatic nitrogens is 3. The second-order valence-electron chi connectivity index (χ2n) is 8.30. The van der Waals surface area contributed by atoms with Gasteiger partial charge >= 0.3 is 5.97 Å². The number of esters is 1. The zero-order chi connectivity index (χ0) is 20.1. The normalized spacial score (nSPS) is 22.9. The monoisotopic (exact) mass is 395 g/mol. The zero-order valence-corrected chi connectivity index (χ0v) is 16.5. The van der Waals surface area contributed by atoms with Crippen molar-refractivity contribution < 1.29 is 9.53 Å². The molecule has 1 aliphatic carbocycles. The maximum Gasteiger partial charge on any atom is 0.339 e. The number of nitrogens with zero attached hydrogens (tertiary/aromatic N) is 2. The Morgan fingerprint density at radius 3 is 2.63 bits per heavy atom. The van der Waals surface area contributed by atoms with Gasteiger partial charge in [-0.2, -0.15) is 5.10 Å². The number of carbonyl (C=O) groups excluding carboxylic acids is 1. The van der Waals surface area contributed by atoms with Gasteiger partial charge in [0.05, 0.1) is 16.8 Å². The van der Waals surface area contributed by atoms with Crippen LogP contribution >= 0.6 is 0 Å². The van der Waals surface area contributed by atoms with Gasteiger partial charge in [-0.1, -0.05) is 42.5 Å². The number of pyridine rings is 1. The quantitative estimate of drug-likeness (QED) is 0.465. The smallest absolute Gasteiger partial charge is 0.339 e. The Balaban J connectivity index is 1.23. The standard InChI is InChI=1S/C25H21N3O2/c29-24-18-6-2-3-7-19(18)25(30-24)13-11-17(12-14-25)22-15-23(28-27-22)21-10-9-16-5-1-4-8-20(16)26-21/h1-10,15,17H,11-14H2,(H,27,28). The van der Waals surface area contributed by atoms with Gasteiger partial charge in [-0.05, 0) is 49.9 Å². The van der Waals surface area contributed by atoms with Gasteiger partial charge in [0, 0.05) is 22.6 Å². The lowest BCUT2D eigenvalue weighted by Crippen LogP contribution is -2.31. The minimum Gasteiger partial charge on any atom is -0.451 e. The van der Waals surface area contributed by atoms with Crippen LogP contribution in [0.15, 0.2) is 66.7 Å². The van der Waals surface area contributed by atoms with Gasteiger partial charge < -0.3 is 4.74 Å². The lowest BCUT2D eigenvalue weighted by atomic mass is 9.74. The van der Waals surface area contributed by atoms with Gasteiger partial charge in [0.1, 0.15) is 11.3 Å². The van der Waals surface area contributed by atoms with E-state index < -0.39 is 5.60 Å². The van der Waals surface area contributed by atoms with E-state index in [1.54, 1.807) is 0 Å². The number of aromatic amines is 1. The summed E-state index contributed by atoms with van der Waals surface area (Å²) in [6.45, 7) is 0. The van der Waals surface area contributed by atoms with E-state index in [4.69, 9.17) is 9.72 Å². The molecule has 0 atom stereocenters. The van der Waals surface area contributed by atoms with Crippen LogP contribution in [0.5, 0.6) is 0 Å². The molecule has 0 saturated heterocycles. The predicted octanol–water partition coefficient (Wildman–Crippen LogP) is 5.35. The summed E-state index contributed by atoms with van der Waals surface area (Å²) in [7, 11) is 0. The first-order valence-electron chi connectivity index (χ1n) is 10.5. The number of carbonyl (C=O) groups is 1. The van der Waals surface area contributed by atoms with Crippen LogP contribution in [0.25, 0.3) is 22.3 Å². The number of ether oxygens (including phenoxy) is 1. The fourth-order valence-corrected chi connectivity index (χ4v) is 5.00. The first-order valence-corrected chi connectivity index (χ1v) is 10.5. The van der Waals surface area contributed by atoms with Crippen LogP contribution in [0.2, 0.25) is 0 Å². The van der Waals surface area contributed by atoms with Crippen molar-refractivity contribution in [3.8, 4) is 11.4 Å². The van der Waals surface area contributed by atoms with E-state index in [2.05, 4.69) is 28.4 Å². The number of rotatable bonds is 2. The van der Waals surface area contributed by atoms with Gasteiger partial charge in [-0.3, -0.25) is 5.10 Å². The minimum absolute atomic E-state index is 0.185. The molecule has 1 N–H and O–H groups in total. The fraction of sp³-hybridized carbons (Fsp3) is 0.240. The summed E-state index contributed by atoms with van der Waals surface area (Å²) in [5.74, 6) is 0.194. The predicted molar refractivity (Wildman–Crippen MR) is 114 cm³/mol. The molecule has 0 amide bonds. The Labute approximate surface area is 174 Å². The lowest BCUT2D eigenvalue weighted by molar-refractivity contribution is -0.0311. The number of fused-ring (bicyclic) bond motifs is 3. The van der Waals surface area contributed by atoms with E-state index in [-0.39, 0.29) is 5.97 Å². The first-order chi connectivity index (χ1) is 14.7. The van der Waals surface area contributed by atoms with Crippen molar-refractivity contribution in [2.24, 2.45) is 0 Å². The average Bonchev–Trinajstić information content (AvgIpc) is 3.39. The zero-order valence-electron chi connectivity index (χ0n) is 16.5. The minimum atomic E-state index is -0.451.